The molecule has 94 valence electrons. The summed E-state index contributed by atoms with van der Waals surface area (Å²) in [6.07, 6.45) is 1.60. The minimum Gasteiger partial charge on any atom is -0.373 e. The van der Waals surface area contributed by atoms with Crippen LogP contribution in [0.1, 0.15) is 0 Å². The molecule has 1 aromatic heterocycles. The van der Waals surface area contributed by atoms with Gasteiger partial charge in [-0.3, -0.25) is 14.3 Å². The predicted molar refractivity (Wildman–Crippen MR) is 67.9 cm³/mol. The predicted octanol–water partition coefficient (Wildman–Crippen LogP) is 0.822. The molecule has 0 aliphatic carbocycles. The van der Waals surface area contributed by atoms with Crippen molar-refractivity contribution < 1.29 is 9.13 Å². The maximum absolute atomic E-state index is 10.9. The fourth-order valence-electron chi connectivity index (χ4n) is 1.16. The smallest absolute Gasteiger partial charge is 0.276 e. The number of nitro groups is 1. The van der Waals surface area contributed by atoms with Crippen molar-refractivity contribution in [1.82, 2.24) is 4.98 Å². The normalized spacial score (nSPS) is 11.9. The molecule has 0 aliphatic heterocycles. The average Bonchev–Trinajstić information content (AvgIpc) is 2.28. The van der Waals surface area contributed by atoms with E-state index in [4.69, 9.17) is 0 Å². The summed E-state index contributed by atoms with van der Waals surface area (Å²) in [7, 11) is 0.736. The molecule has 1 atom stereocenters. The molecule has 8 heteroatoms. The number of rotatable bonds is 6. The first-order valence-corrected chi connectivity index (χ1v) is 6.63. The standard InChI is InChI=1S/C9H14N4O3S/c1-10-8-5-7(13(14)15)6-9(12-8)11-3-4-17(2)16/h5-6H,3-4H2,1-2H3,(H2,10,11,12). The second-order valence-electron chi connectivity index (χ2n) is 3.31. The summed E-state index contributed by atoms with van der Waals surface area (Å²) >= 11 is 0. The number of nitrogens with zero attached hydrogens (tertiary/aromatic N) is 2. The van der Waals surface area contributed by atoms with Crippen molar-refractivity contribution in [2.45, 2.75) is 0 Å². The Bertz CT molecular complexity index is 438. The zero-order valence-corrected chi connectivity index (χ0v) is 10.4. The van der Waals surface area contributed by atoms with Crippen LogP contribution in [0.25, 0.3) is 0 Å². The lowest BCUT2D eigenvalue weighted by Gasteiger charge is -2.06. The van der Waals surface area contributed by atoms with E-state index < -0.39 is 15.7 Å². The largest absolute Gasteiger partial charge is 0.373 e. The van der Waals surface area contributed by atoms with Gasteiger partial charge in [-0.2, -0.15) is 0 Å². The molecule has 1 aromatic rings. The van der Waals surface area contributed by atoms with Crippen LogP contribution in [-0.4, -0.2) is 39.7 Å². The molecule has 17 heavy (non-hydrogen) atoms. The number of pyridine rings is 1. The van der Waals surface area contributed by atoms with E-state index in [0.29, 0.717) is 23.9 Å². The van der Waals surface area contributed by atoms with Gasteiger partial charge in [-0.1, -0.05) is 0 Å². The molecule has 2 N–H and O–H groups in total. The quantitative estimate of drug-likeness (QED) is 0.579. The summed E-state index contributed by atoms with van der Waals surface area (Å²) < 4.78 is 10.9. The zero-order valence-electron chi connectivity index (χ0n) is 9.60. The fourth-order valence-corrected chi connectivity index (χ4v) is 1.55. The molecule has 0 bridgehead atoms. The van der Waals surface area contributed by atoms with E-state index in [1.54, 1.807) is 13.3 Å². The number of anilines is 2. The van der Waals surface area contributed by atoms with Gasteiger partial charge in [0.2, 0.25) is 0 Å². The fraction of sp³-hybridized carbons (Fsp3) is 0.444. The minimum atomic E-state index is -0.900. The van der Waals surface area contributed by atoms with E-state index >= 15 is 0 Å². The molecular weight excluding hydrogens is 244 g/mol. The third-order valence-corrected chi connectivity index (χ3v) is 2.75. The summed E-state index contributed by atoms with van der Waals surface area (Å²) in [6, 6.07) is 2.70. The number of hydrogen-bond acceptors (Lipinski definition) is 6. The second-order valence-corrected chi connectivity index (χ2v) is 4.86. The number of aromatic nitrogens is 1. The van der Waals surface area contributed by atoms with Crippen molar-refractivity contribution in [3.8, 4) is 0 Å². The van der Waals surface area contributed by atoms with Crippen molar-refractivity contribution in [1.29, 1.82) is 0 Å². The van der Waals surface area contributed by atoms with Gasteiger partial charge in [0.05, 0.1) is 17.1 Å². The maximum Gasteiger partial charge on any atom is 0.276 e. The lowest BCUT2D eigenvalue weighted by Crippen LogP contribution is -2.11. The highest BCUT2D eigenvalue weighted by atomic mass is 32.2. The summed E-state index contributed by atoms with van der Waals surface area (Å²) in [5.74, 6) is 1.28. The van der Waals surface area contributed by atoms with Gasteiger partial charge in [0, 0.05) is 36.4 Å². The number of hydrogen-bond donors (Lipinski definition) is 2. The topological polar surface area (TPSA) is 97.2 Å². The van der Waals surface area contributed by atoms with Crippen molar-refractivity contribution >= 4 is 28.1 Å². The van der Waals surface area contributed by atoms with E-state index in [1.165, 1.54) is 12.1 Å². The van der Waals surface area contributed by atoms with Crippen molar-refractivity contribution in [2.24, 2.45) is 0 Å². The molecule has 0 saturated carbocycles. The molecule has 0 saturated heterocycles. The van der Waals surface area contributed by atoms with E-state index in [9.17, 15) is 14.3 Å². The second kappa shape index (κ2) is 6.14. The van der Waals surface area contributed by atoms with Crippen molar-refractivity contribution in [3.63, 3.8) is 0 Å². The molecule has 1 unspecified atom stereocenters. The third-order valence-electron chi connectivity index (χ3n) is 1.97. The van der Waals surface area contributed by atoms with Crippen molar-refractivity contribution in [3.05, 3.63) is 22.2 Å². The lowest BCUT2D eigenvalue weighted by atomic mass is 10.3. The van der Waals surface area contributed by atoms with E-state index in [-0.39, 0.29) is 5.69 Å². The first kappa shape index (κ1) is 13.4. The van der Waals surface area contributed by atoms with Crippen LogP contribution in [0, 0.1) is 10.1 Å². The first-order chi connectivity index (χ1) is 8.02. The first-order valence-electron chi connectivity index (χ1n) is 4.91. The van der Waals surface area contributed by atoms with Crippen LogP contribution in [0.5, 0.6) is 0 Å². The average molecular weight is 258 g/mol. The number of nitrogens with one attached hydrogen (secondary N) is 2. The highest BCUT2D eigenvalue weighted by molar-refractivity contribution is 7.84. The van der Waals surface area contributed by atoms with Crippen LogP contribution in [0.4, 0.5) is 17.3 Å². The van der Waals surface area contributed by atoms with Gasteiger partial charge in [-0.25, -0.2) is 4.98 Å². The van der Waals surface area contributed by atoms with Gasteiger partial charge in [-0.15, -0.1) is 0 Å². The Morgan fingerprint density at radius 2 is 2.12 bits per heavy atom. The van der Waals surface area contributed by atoms with Gasteiger partial charge < -0.3 is 10.6 Å². The molecule has 1 rings (SSSR count). The summed E-state index contributed by atoms with van der Waals surface area (Å²) in [5, 5.41) is 16.3. The van der Waals surface area contributed by atoms with E-state index in [1.807, 2.05) is 0 Å². The minimum absolute atomic E-state index is 0.0375. The monoisotopic (exact) mass is 258 g/mol. The zero-order chi connectivity index (χ0) is 12.8. The summed E-state index contributed by atoms with van der Waals surface area (Å²) in [5.41, 5.74) is -0.0375. The van der Waals surface area contributed by atoms with E-state index in [2.05, 4.69) is 15.6 Å². The Morgan fingerprint density at radius 1 is 1.47 bits per heavy atom. The van der Waals surface area contributed by atoms with Gasteiger partial charge in [0.1, 0.15) is 11.6 Å². The van der Waals surface area contributed by atoms with Gasteiger partial charge >= 0.3 is 0 Å². The van der Waals surface area contributed by atoms with Crippen LogP contribution in [0.15, 0.2) is 12.1 Å². The molecular formula is C9H14N4O3S. The van der Waals surface area contributed by atoms with Crippen LogP contribution in [0.3, 0.4) is 0 Å². The lowest BCUT2D eigenvalue weighted by molar-refractivity contribution is -0.384. The Morgan fingerprint density at radius 3 is 2.65 bits per heavy atom. The van der Waals surface area contributed by atoms with Crippen LogP contribution in [-0.2, 0) is 10.8 Å². The summed E-state index contributed by atoms with van der Waals surface area (Å²) in [4.78, 5) is 14.3. The van der Waals surface area contributed by atoms with Crippen molar-refractivity contribution in [2.75, 3.05) is 36.2 Å². The molecule has 0 radical (unpaired) electrons. The highest BCUT2D eigenvalue weighted by Crippen LogP contribution is 2.19. The Balaban J connectivity index is 2.80. The van der Waals surface area contributed by atoms with Crippen LogP contribution < -0.4 is 10.6 Å². The van der Waals surface area contributed by atoms with Gasteiger partial charge in [-0.05, 0) is 0 Å². The molecule has 0 amide bonds. The Labute approximate surface area is 101 Å². The molecule has 7 nitrogen and oxygen atoms in total. The van der Waals surface area contributed by atoms with Gasteiger partial charge in [0.15, 0.2) is 0 Å². The molecule has 0 aromatic carbocycles. The molecule has 0 aliphatic rings. The Kier molecular flexibility index (Phi) is 4.83. The Hall–Kier alpha value is -1.70. The maximum atomic E-state index is 10.9. The summed E-state index contributed by atoms with van der Waals surface area (Å²) in [6.45, 7) is 0.459. The van der Waals surface area contributed by atoms with Gasteiger partial charge in [0.25, 0.3) is 5.69 Å². The third kappa shape index (κ3) is 4.35. The molecule has 1 heterocycles. The molecule has 0 fully saturated rings. The van der Waals surface area contributed by atoms with E-state index in [0.717, 1.165) is 0 Å². The highest BCUT2D eigenvalue weighted by Gasteiger charge is 2.10. The molecule has 0 spiro atoms. The van der Waals surface area contributed by atoms with Crippen LogP contribution >= 0.6 is 0 Å². The SMILES string of the molecule is CNc1cc([N+](=O)[O-])cc(NCCS(C)=O)n1. The van der Waals surface area contributed by atoms with Crippen LogP contribution in [0.2, 0.25) is 0 Å².